The fourth-order valence-corrected chi connectivity index (χ4v) is 2.84. The minimum Gasteiger partial charge on any atom is -0.483 e. The summed E-state index contributed by atoms with van der Waals surface area (Å²) in [4.78, 5) is 12.0. The molecule has 0 radical (unpaired) electrons. The van der Waals surface area contributed by atoms with Crippen molar-refractivity contribution in [3.05, 3.63) is 52.8 Å². The first kappa shape index (κ1) is 16.6. The smallest absolute Gasteiger partial charge is 0.262 e. The highest BCUT2D eigenvalue weighted by Crippen LogP contribution is 2.41. The molecule has 0 unspecified atom stereocenters. The van der Waals surface area contributed by atoms with Crippen molar-refractivity contribution in [1.82, 2.24) is 0 Å². The lowest BCUT2D eigenvalue weighted by Crippen LogP contribution is -2.25. The van der Waals surface area contributed by atoms with Crippen molar-refractivity contribution in [2.75, 3.05) is 11.9 Å². The van der Waals surface area contributed by atoms with Gasteiger partial charge in [0.1, 0.15) is 11.4 Å². The van der Waals surface area contributed by atoms with Crippen molar-refractivity contribution in [2.45, 2.75) is 25.9 Å². The van der Waals surface area contributed by atoms with Crippen LogP contribution in [0.5, 0.6) is 11.5 Å². The highest BCUT2D eigenvalue weighted by atomic mass is 35.5. The Labute approximate surface area is 144 Å². The van der Waals surface area contributed by atoms with E-state index in [0.717, 1.165) is 18.1 Å². The third-order valence-electron chi connectivity index (χ3n) is 3.62. The van der Waals surface area contributed by atoms with Gasteiger partial charge in [0.05, 0.1) is 10.7 Å². The van der Waals surface area contributed by atoms with Gasteiger partial charge in [0.15, 0.2) is 18.1 Å². The molecule has 4 nitrogen and oxygen atoms in total. The minimum absolute atomic E-state index is 0.133. The predicted molar refractivity (Wildman–Crippen MR) is 90.4 cm³/mol. The number of benzene rings is 2. The lowest BCUT2D eigenvalue weighted by atomic mass is 10.0. The third kappa shape index (κ3) is 3.62. The van der Waals surface area contributed by atoms with Crippen LogP contribution >= 0.6 is 11.6 Å². The van der Waals surface area contributed by atoms with Crippen molar-refractivity contribution < 1.29 is 18.7 Å². The second-order valence-corrected chi connectivity index (χ2v) is 6.65. The van der Waals surface area contributed by atoms with E-state index < -0.39 is 11.7 Å². The van der Waals surface area contributed by atoms with Gasteiger partial charge in [-0.05, 0) is 38.1 Å². The monoisotopic (exact) mass is 349 g/mol. The van der Waals surface area contributed by atoms with Crippen LogP contribution in [0.25, 0.3) is 0 Å². The normalized spacial score (nSPS) is 14.7. The summed E-state index contributed by atoms with van der Waals surface area (Å²) in [6, 6.07) is 9.38. The number of hydrogen-bond donors (Lipinski definition) is 1. The first-order chi connectivity index (χ1) is 11.3. The standard InChI is InChI=1S/C18H17ClFNO3/c1-18(2)9-11-4-3-5-15(17(11)24-18)23-10-16(22)21-14-7-6-12(20)8-13(14)19/h3-8H,9-10H2,1-2H3,(H,21,22). The van der Waals surface area contributed by atoms with Gasteiger partial charge < -0.3 is 14.8 Å². The number of carbonyl (C=O) groups is 1. The molecule has 0 aromatic heterocycles. The van der Waals surface area contributed by atoms with Crippen LogP contribution in [0, 0.1) is 5.82 Å². The Kier molecular flexibility index (Phi) is 4.37. The van der Waals surface area contributed by atoms with Crippen LogP contribution in [0.15, 0.2) is 36.4 Å². The second kappa shape index (κ2) is 6.32. The molecule has 0 atom stereocenters. The van der Waals surface area contributed by atoms with Gasteiger partial charge in [0, 0.05) is 12.0 Å². The average molecular weight is 350 g/mol. The zero-order chi connectivity index (χ0) is 17.3. The molecule has 0 bridgehead atoms. The van der Waals surface area contributed by atoms with Gasteiger partial charge in [0.2, 0.25) is 0 Å². The lowest BCUT2D eigenvalue weighted by Gasteiger charge is -2.18. The minimum atomic E-state index is -0.464. The van der Waals surface area contributed by atoms with Gasteiger partial charge in [-0.15, -0.1) is 0 Å². The van der Waals surface area contributed by atoms with Gasteiger partial charge in [-0.2, -0.15) is 0 Å². The van der Waals surface area contributed by atoms with E-state index in [-0.39, 0.29) is 17.2 Å². The van der Waals surface area contributed by atoms with Gasteiger partial charge in [-0.1, -0.05) is 23.7 Å². The molecule has 126 valence electrons. The van der Waals surface area contributed by atoms with E-state index in [9.17, 15) is 9.18 Å². The Hall–Kier alpha value is -2.27. The second-order valence-electron chi connectivity index (χ2n) is 6.24. The number of amides is 1. The molecule has 1 N–H and O–H groups in total. The highest BCUT2D eigenvalue weighted by molar-refractivity contribution is 6.33. The summed E-state index contributed by atoms with van der Waals surface area (Å²) >= 11 is 5.88. The van der Waals surface area contributed by atoms with Gasteiger partial charge in [-0.3, -0.25) is 4.79 Å². The summed E-state index contributed by atoms with van der Waals surface area (Å²) in [5, 5.41) is 2.72. The largest absolute Gasteiger partial charge is 0.483 e. The van der Waals surface area contributed by atoms with Crippen molar-refractivity contribution in [3.63, 3.8) is 0 Å². The average Bonchev–Trinajstić information content (AvgIpc) is 2.82. The first-order valence-corrected chi connectivity index (χ1v) is 7.90. The Morgan fingerprint density at radius 3 is 2.92 bits per heavy atom. The van der Waals surface area contributed by atoms with E-state index in [1.165, 1.54) is 12.1 Å². The predicted octanol–water partition coefficient (Wildman–Crippen LogP) is 4.21. The van der Waals surface area contributed by atoms with Gasteiger partial charge in [-0.25, -0.2) is 4.39 Å². The molecule has 24 heavy (non-hydrogen) atoms. The Balaban J connectivity index is 1.65. The molecule has 1 aliphatic rings. The van der Waals surface area contributed by atoms with E-state index >= 15 is 0 Å². The molecule has 0 spiro atoms. The third-order valence-corrected chi connectivity index (χ3v) is 3.93. The molecule has 1 aliphatic heterocycles. The maximum absolute atomic E-state index is 13.0. The summed E-state index contributed by atoms with van der Waals surface area (Å²) in [5.74, 6) is 0.348. The molecular formula is C18H17ClFNO3. The maximum Gasteiger partial charge on any atom is 0.262 e. The SMILES string of the molecule is CC1(C)Cc2cccc(OCC(=O)Nc3ccc(F)cc3Cl)c2O1. The number of rotatable bonds is 4. The van der Waals surface area contributed by atoms with Crippen LogP contribution in [-0.2, 0) is 11.2 Å². The van der Waals surface area contributed by atoms with Crippen LogP contribution in [0.4, 0.5) is 10.1 Å². The topological polar surface area (TPSA) is 47.6 Å². The number of halogens is 2. The van der Waals surface area contributed by atoms with E-state index in [1.807, 2.05) is 26.0 Å². The molecule has 2 aromatic rings. The number of nitrogens with one attached hydrogen (secondary N) is 1. The number of ether oxygens (including phenoxy) is 2. The molecular weight excluding hydrogens is 333 g/mol. The number of para-hydroxylation sites is 1. The summed E-state index contributed by atoms with van der Waals surface area (Å²) < 4.78 is 24.5. The van der Waals surface area contributed by atoms with Crippen LogP contribution in [-0.4, -0.2) is 18.1 Å². The molecule has 3 rings (SSSR count). The molecule has 0 aliphatic carbocycles. The number of anilines is 1. The molecule has 0 saturated heterocycles. The fourth-order valence-electron chi connectivity index (χ4n) is 2.62. The molecule has 1 heterocycles. The van der Waals surface area contributed by atoms with Crippen LogP contribution in [0.3, 0.4) is 0 Å². The lowest BCUT2D eigenvalue weighted by molar-refractivity contribution is -0.118. The number of carbonyl (C=O) groups excluding carboxylic acids is 1. The zero-order valence-electron chi connectivity index (χ0n) is 13.4. The fraction of sp³-hybridized carbons (Fsp3) is 0.278. The van der Waals surface area contributed by atoms with Gasteiger partial charge >= 0.3 is 0 Å². The quantitative estimate of drug-likeness (QED) is 0.899. The van der Waals surface area contributed by atoms with Gasteiger partial charge in [0.25, 0.3) is 5.91 Å². The van der Waals surface area contributed by atoms with E-state index in [2.05, 4.69) is 5.32 Å². The molecule has 0 saturated carbocycles. The number of hydrogen-bond acceptors (Lipinski definition) is 3. The van der Waals surface area contributed by atoms with E-state index in [1.54, 1.807) is 6.07 Å². The summed E-state index contributed by atoms with van der Waals surface area (Å²) in [6.45, 7) is 3.80. The van der Waals surface area contributed by atoms with E-state index in [4.69, 9.17) is 21.1 Å². The van der Waals surface area contributed by atoms with Crippen molar-refractivity contribution >= 4 is 23.2 Å². The summed E-state index contributed by atoms with van der Waals surface area (Å²) in [5.41, 5.74) is 1.10. The first-order valence-electron chi connectivity index (χ1n) is 7.53. The Bertz CT molecular complexity index is 792. The molecule has 2 aromatic carbocycles. The van der Waals surface area contributed by atoms with Crippen LogP contribution in [0.1, 0.15) is 19.4 Å². The summed E-state index contributed by atoms with van der Waals surface area (Å²) in [6.07, 6.45) is 0.789. The number of fused-ring (bicyclic) bond motifs is 1. The van der Waals surface area contributed by atoms with E-state index in [0.29, 0.717) is 17.2 Å². The van der Waals surface area contributed by atoms with Crippen molar-refractivity contribution in [3.8, 4) is 11.5 Å². The highest BCUT2D eigenvalue weighted by Gasteiger charge is 2.32. The maximum atomic E-state index is 13.0. The van der Waals surface area contributed by atoms with Crippen molar-refractivity contribution in [2.24, 2.45) is 0 Å². The van der Waals surface area contributed by atoms with Crippen LogP contribution < -0.4 is 14.8 Å². The Morgan fingerprint density at radius 1 is 1.38 bits per heavy atom. The van der Waals surface area contributed by atoms with Crippen molar-refractivity contribution in [1.29, 1.82) is 0 Å². The zero-order valence-corrected chi connectivity index (χ0v) is 14.1. The Morgan fingerprint density at radius 2 is 2.17 bits per heavy atom. The summed E-state index contributed by atoms with van der Waals surface area (Å²) in [7, 11) is 0. The van der Waals surface area contributed by atoms with Crippen LogP contribution in [0.2, 0.25) is 5.02 Å². The molecule has 0 fully saturated rings. The molecule has 6 heteroatoms. The molecule has 1 amide bonds.